The third kappa shape index (κ3) is 2.76. The smallest absolute Gasteiger partial charge is 0.235 e. The summed E-state index contributed by atoms with van der Waals surface area (Å²) in [4.78, 5) is 0.791. The number of benzene rings is 1. The maximum Gasteiger partial charge on any atom is 0.235 e. The molecular formula is C14H16N4O2S2. The van der Waals surface area contributed by atoms with Crippen molar-refractivity contribution in [1.29, 1.82) is 0 Å². The highest BCUT2D eigenvalue weighted by Crippen LogP contribution is 2.35. The quantitative estimate of drug-likeness (QED) is 0.689. The first-order chi connectivity index (χ1) is 10.8. The molecule has 6 nitrogen and oxygen atoms in total. The predicted octanol–water partition coefficient (Wildman–Crippen LogP) is 3.12. The zero-order valence-corrected chi connectivity index (χ0v) is 14.2. The summed E-state index contributed by atoms with van der Waals surface area (Å²) in [6, 6.07) is 5.70. The Morgan fingerprint density at radius 3 is 2.82 bits per heavy atom. The molecule has 0 saturated carbocycles. The highest BCUT2D eigenvalue weighted by atomic mass is 32.2. The summed E-state index contributed by atoms with van der Waals surface area (Å²) < 4.78 is 12.5. The zero-order chi connectivity index (χ0) is 15.5. The van der Waals surface area contributed by atoms with E-state index in [1.807, 2.05) is 22.7 Å². The fourth-order valence-electron chi connectivity index (χ4n) is 2.02. The van der Waals surface area contributed by atoms with E-state index in [2.05, 4.69) is 22.2 Å². The Balaban J connectivity index is 2.01. The first kappa shape index (κ1) is 15.1. The number of aromatic nitrogens is 4. The molecule has 2 heterocycles. The van der Waals surface area contributed by atoms with Gasteiger partial charge in [0, 0.05) is 6.07 Å². The van der Waals surface area contributed by atoms with Gasteiger partial charge in [-0.15, -0.1) is 10.2 Å². The van der Waals surface area contributed by atoms with Crippen molar-refractivity contribution in [3.05, 3.63) is 24.0 Å². The Bertz CT molecular complexity index is 784. The average molecular weight is 336 g/mol. The van der Waals surface area contributed by atoms with Gasteiger partial charge in [-0.25, -0.2) is 0 Å². The number of thioether (sulfide) groups is 1. The average Bonchev–Trinajstić information content (AvgIpc) is 3.13. The third-order valence-corrected chi connectivity index (χ3v) is 4.93. The van der Waals surface area contributed by atoms with Gasteiger partial charge in [0.15, 0.2) is 10.8 Å². The lowest BCUT2D eigenvalue weighted by molar-refractivity contribution is 0.395. The van der Waals surface area contributed by atoms with Crippen LogP contribution in [0, 0.1) is 0 Å². The maximum absolute atomic E-state index is 5.45. The van der Waals surface area contributed by atoms with Gasteiger partial charge in [0.2, 0.25) is 4.96 Å². The molecular weight excluding hydrogens is 320 g/mol. The second kappa shape index (κ2) is 6.53. The SMILES string of the molecule is CCSCc1nnc2sc(-c3ccc(OC)cc3OC)nn12. The van der Waals surface area contributed by atoms with Crippen molar-refractivity contribution in [3.8, 4) is 22.1 Å². The Kier molecular flexibility index (Phi) is 4.49. The Morgan fingerprint density at radius 2 is 2.09 bits per heavy atom. The minimum atomic E-state index is 0.730. The van der Waals surface area contributed by atoms with Gasteiger partial charge < -0.3 is 9.47 Å². The number of hydrogen-bond donors (Lipinski definition) is 0. The van der Waals surface area contributed by atoms with E-state index in [-0.39, 0.29) is 0 Å². The number of nitrogens with zero attached hydrogens (tertiary/aromatic N) is 4. The summed E-state index contributed by atoms with van der Waals surface area (Å²) in [7, 11) is 3.27. The van der Waals surface area contributed by atoms with Crippen LogP contribution in [0.1, 0.15) is 12.7 Å². The van der Waals surface area contributed by atoms with E-state index in [0.29, 0.717) is 0 Å². The van der Waals surface area contributed by atoms with Gasteiger partial charge in [0.05, 0.1) is 25.5 Å². The monoisotopic (exact) mass is 336 g/mol. The second-order valence-electron chi connectivity index (χ2n) is 4.42. The van der Waals surface area contributed by atoms with Gasteiger partial charge in [0.1, 0.15) is 11.5 Å². The van der Waals surface area contributed by atoms with Crippen molar-refractivity contribution in [3.63, 3.8) is 0 Å². The lowest BCUT2D eigenvalue weighted by Gasteiger charge is -2.07. The summed E-state index contributed by atoms with van der Waals surface area (Å²) in [5, 5.41) is 13.9. The van der Waals surface area contributed by atoms with Crippen LogP contribution in [0.15, 0.2) is 18.2 Å². The molecule has 8 heteroatoms. The summed E-state index contributed by atoms with van der Waals surface area (Å²) in [5.41, 5.74) is 0.924. The molecule has 22 heavy (non-hydrogen) atoms. The molecule has 0 aliphatic heterocycles. The fourth-order valence-corrected chi connectivity index (χ4v) is 3.48. The first-order valence-electron chi connectivity index (χ1n) is 6.78. The van der Waals surface area contributed by atoms with E-state index in [0.717, 1.165) is 44.4 Å². The molecule has 116 valence electrons. The van der Waals surface area contributed by atoms with E-state index in [1.165, 1.54) is 11.3 Å². The van der Waals surface area contributed by atoms with E-state index in [9.17, 15) is 0 Å². The summed E-state index contributed by atoms with van der Waals surface area (Å²) >= 11 is 3.29. The maximum atomic E-state index is 5.45. The molecule has 0 atom stereocenters. The van der Waals surface area contributed by atoms with Crippen LogP contribution in [0.5, 0.6) is 11.5 Å². The number of ether oxygens (including phenoxy) is 2. The molecule has 3 aromatic rings. The molecule has 0 bridgehead atoms. The van der Waals surface area contributed by atoms with Crippen molar-refractivity contribution in [2.75, 3.05) is 20.0 Å². The van der Waals surface area contributed by atoms with Gasteiger partial charge in [0.25, 0.3) is 0 Å². The molecule has 0 radical (unpaired) electrons. The fraction of sp³-hybridized carbons (Fsp3) is 0.357. The van der Waals surface area contributed by atoms with Crippen LogP contribution < -0.4 is 9.47 Å². The highest BCUT2D eigenvalue weighted by Gasteiger charge is 2.16. The van der Waals surface area contributed by atoms with E-state index in [1.54, 1.807) is 26.0 Å². The number of rotatable bonds is 6. The van der Waals surface area contributed by atoms with Gasteiger partial charge in [-0.05, 0) is 17.9 Å². The topological polar surface area (TPSA) is 61.5 Å². The minimum absolute atomic E-state index is 0.730. The van der Waals surface area contributed by atoms with Crippen molar-refractivity contribution >= 4 is 28.1 Å². The summed E-state index contributed by atoms with van der Waals surface area (Å²) in [6.45, 7) is 2.12. The van der Waals surface area contributed by atoms with Crippen molar-refractivity contribution < 1.29 is 9.47 Å². The van der Waals surface area contributed by atoms with Crippen LogP contribution in [0.2, 0.25) is 0 Å². The van der Waals surface area contributed by atoms with Crippen LogP contribution >= 0.6 is 23.1 Å². The minimum Gasteiger partial charge on any atom is -0.497 e. The lowest BCUT2D eigenvalue weighted by atomic mass is 10.2. The van der Waals surface area contributed by atoms with Crippen molar-refractivity contribution in [2.45, 2.75) is 12.7 Å². The second-order valence-corrected chi connectivity index (χ2v) is 6.65. The number of hydrogen-bond acceptors (Lipinski definition) is 7. The Labute approximate surface area is 136 Å². The van der Waals surface area contributed by atoms with E-state index < -0.39 is 0 Å². The molecule has 0 amide bonds. The van der Waals surface area contributed by atoms with Crippen LogP contribution in [0.3, 0.4) is 0 Å². The molecule has 0 spiro atoms. The van der Waals surface area contributed by atoms with E-state index in [4.69, 9.17) is 9.47 Å². The third-order valence-electron chi connectivity index (χ3n) is 3.13. The predicted molar refractivity (Wildman–Crippen MR) is 89.0 cm³/mol. The summed E-state index contributed by atoms with van der Waals surface area (Å²) in [6.07, 6.45) is 0. The van der Waals surface area contributed by atoms with Crippen LogP contribution in [-0.4, -0.2) is 39.8 Å². The van der Waals surface area contributed by atoms with E-state index >= 15 is 0 Å². The molecule has 0 fully saturated rings. The Morgan fingerprint density at radius 1 is 1.23 bits per heavy atom. The molecule has 2 aromatic heterocycles. The molecule has 0 aliphatic carbocycles. The van der Waals surface area contributed by atoms with Gasteiger partial charge in [-0.2, -0.15) is 21.4 Å². The molecule has 0 saturated heterocycles. The molecule has 0 unspecified atom stereocenters. The van der Waals surface area contributed by atoms with Gasteiger partial charge >= 0.3 is 0 Å². The highest BCUT2D eigenvalue weighted by molar-refractivity contribution is 7.98. The van der Waals surface area contributed by atoms with Crippen LogP contribution in [0.4, 0.5) is 0 Å². The normalized spacial score (nSPS) is 11.0. The zero-order valence-electron chi connectivity index (χ0n) is 12.6. The first-order valence-corrected chi connectivity index (χ1v) is 8.75. The van der Waals surface area contributed by atoms with Crippen LogP contribution in [0.25, 0.3) is 15.5 Å². The number of methoxy groups -OCH3 is 2. The summed E-state index contributed by atoms with van der Waals surface area (Å²) in [5.74, 6) is 4.20. The Hall–Kier alpha value is -1.80. The molecule has 0 aliphatic rings. The lowest BCUT2D eigenvalue weighted by Crippen LogP contribution is -1.95. The van der Waals surface area contributed by atoms with Crippen LogP contribution in [-0.2, 0) is 5.75 Å². The molecule has 3 rings (SSSR count). The van der Waals surface area contributed by atoms with Gasteiger partial charge in [-0.1, -0.05) is 18.3 Å². The largest absolute Gasteiger partial charge is 0.497 e. The van der Waals surface area contributed by atoms with Crippen molar-refractivity contribution in [1.82, 2.24) is 19.8 Å². The standard InChI is InChI=1S/C14H16N4O2S2/c1-4-21-8-12-15-16-14-18(12)17-13(22-14)10-6-5-9(19-2)7-11(10)20-3/h5-7H,4,8H2,1-3H3. The molecule has 1 aromatic carbocycles. The molecule has 0 N–H and O–H groups in total. The van der Waals surface area contributed by atoms with Gasteiger partial charge in [-0.3, -0.25) is 0 Å². The van der Waals surface area contributed by atoms with Crippen molar-refractivity contribution in [2.24, 2.45) is 0 Å². The number of fused-ring (bicyclic) bond motifs is 1.